The van der Waals surface area contributed by atoms with Crippen LogP contribution in [-0.4, -0.2) is 31.5 Å². The maximum atomic E-state index is 11.7. The highest BCUT2D eigenvalue weighted by atomic mass is 32.2. The van der Waals surface area contributed by atoms with Gasteiger partial charge in [0.15, 0.2) is 4.80 Å². The number of hydrogen-bond acceptors (Lipinski definition) is 6. The fourth-order valence-electron chi connectivity index (χ4n) is 1.94. The van der Waals surface area contributed by atoms with E-state index in [-0.39, 0.29) is 22.8 Å². The van der Waals surface area contributed by atoms with Crippen molar-refractivity contribution in [3.8, 4) is 0 Å². The van der Waals surface area contributed by atoms with Gasteiger partial charge in [-0.05, 0) is 25.1 Å². The molecule has 2 aromatic rings. The fourth-order valence-corrected chi connectivity index (χ4v) is 3.67. The van der Waals surface area contributed by atoms with Gasteiger partial charge < -0.3 is 9.30 Å². The Hall–Kier alpha value is -2.04. The molecule has 2 N–H and O–H groups in total. The second-order valence-electron chi connectivity index (χ2n) is 4.58. The molecular weight excluding hydrogens is 342 g/mol. The van der Waals surface area contributed by atoms with Gasteiger partial charge in [-0.25, -0.2) is 13.6 Å². The number of sulfonamides is 1. The van der Waals surface area contributed by atoms with Crippen LogP contribution in [0.5, 0.6) is 0 Å². The number of aromatic nitrogens is 1. The third kappa shape index (κ3) is 4.03. The Balaban J connectivity index is 2.67. The number of benzene rings is 1. The van der Waals surface area contributed by atoms with E-state index in [1.165, 1.54) is 29.7 Å². The van der Waals surface area contributed by atoms with Crippen LogP contribution >= 0.6 is 11.3 Å². The number of nitrogens with zero attached hydrogens (tertiary/aromatic N) is 2. The van der Waals surface area contributed by atoms with Crippen LogP contribution in [0.2, 0.25) is 0 Å². The molecule has 8 nitrogen and oxygen atoms in total. The summed E-state index contributed by atoms with van der Waals surface area (Å²) in [6, 6.07) is 4.24. The minimum absolute atomic E-state index is 0.0519. The first-order chi connectivity index (χ1) is 10.7. The van der Waals surface area contributed by atoms with Gasteiger partial charge in [-0.3, -0.25) is 9.59 Å². The number of amides is 1. The van der Waals surface area contributed by atoms with Gasteiger partial charge in [0.25, 0.3) is 0 Å². The Morgan fingerprint density at radius 3 is 2.65 bits per heavy atom. The summed E-state index contributed by atoms with van der Waals surface area (Å²) in [6.07, 6.45) is 0. The zero-order valence-corrected chi connectivity index (χ0v) is 14.1. The minimum atomic E-state index is -3.84. The second kappa shape index (κ2) is 6.60. The quantitative estimate of drug-likeness (QED) is 0.792. The maximum absolute atomic E-state index is 11.7. The lowest BCUT2D eigenvalue weighted by molar-refractivity contribution is -0.143. The Kier molecular flexibility index (Phi) is 4.97. The van der Waals surface area contributed by atoms with Crippen molar-refractivity contribution < 1.29 is 22.7 Å². The number of carbonyl (C=O) groups excluding carboxylic acids is 2. The van der Waals surface area contributed by atoms with Crippen molar-refractivity contribution in [2.45, 2.75) is 25.3 Å². The van der Waals surface area contributed by atoms with Crippen LogP contribution in [-0.2, 0) is 30.9 Å². The van der Waals surface area contributed by atoms with Crippen molar-refractivity contribution in [2.24, 2.45) is 10.1 Å². The summed E-state index contributed by atoms with van der Waals surface area (Å²) in [5, 5.41) is 5.11. The lowest BCUT2D eigenvalue weighted by Crippen LogP contribution is -2.22. The number of esters is 1. The molecule has 1 amide bonds. The number of rotatable bonds is 4. The largest absolute Gasteiger partial charge is 0.465 e. The molecule has 0 aliphatic heterocycles. The molecule has 0 fully saturated rings. The predicted octanol–water partition coefficient (Wildman–Crippen LogP) is 0.361. The van der Waals surface area contributed by atoms with Gasteiger partial charge in [-0.1, -0.05) is 11.3 Å². The third-order valence-electron chi connectivity index (χ3n) is 2.83. The Morgan fingerprint density at radius 1 is 1.39 bits per heavy atom. The van der Waals surface area contributed by atoms with Gasteiger partial charge in [0.2, 0.25) is 15.9 Å². The van der Waals surface area contributed by atoms with E-state index in [0.29, 0.717) is 10.2 Å². The van der Waals surface area contributed by atoms with Crippen LogP contribution < -0.4 is 9.94 Å². The molecule has 0 radical (unpaired) electrons. The molecule has 23 heavy (non-hydrogen) atoms. The average molecular weight is 357 g/mol. The average Bonchev–Trinajstić information content (AvgIpc) is 2.74. The monoisotopic (exact) mass is 357 g/mol. The van der Waals surface area contributed by atoms with E-state index in [1.807, 2.05) is 0 Å². The SMILES string of the molecule is CCOC(=O)Cn1c(=NC(C)=O)sc2cc(S(N)(=O)=O)ccc21. The number of primary sulfonamides is 1. The van der Waals surface area contributed by atoms with Crippen LogP contribution in [0.15, 0.2) is 28.1 Å². The molecule has 0 spiro atoms. The first kappa shape index (κ1) is 17.3. The number of carbonyl (C=O) groups is 2. The topological polar surface area (TPSA) is 121 Å². The summed E-state index contributed by atoms with van der Waals surface area (Å²) in [7, 11) is -3.84. The van der Waals surface area contributed by atoms with E-state index in [2.05, 4.69) is 4.99 Å². The summed E-state index contributed by atoms with van der Waals surface area (Å²) < 4.78 is 29.8. The summed E-state index contributed by atoms with van der Waals surface area (Å²) in [5.74, 6) is -0.909. The fraction of sp³-hybridized carbons (Fsp3) is 0.308. The van der Waals surface area contributed by atoms with Crippen LogP contribution in [0, 0.1) is 0 Å². The molecule has 1 aromatic carbocycles. The minimum Gasteiger partial charge on any atom is -0.465 e. The van der Waals surface area contributed by atoms with Gasteiger partial charge in [-0.15, -0.1) is 0 Å². The summed E-state index contributed by atoms with van der Waals surface area (Å²) in [4.78, 5) is 27.1. The number of fused-ring (bicyclic) bond motifs is 1. The highest BCUT2D eigenvalue weighted by molar-refractivity contribution is 7.89. The van der Waals surface area contributed by atoms with E-state index in [1.54, 1.807) is 6.92 Å². The van der Waals surface area contributed by atoms with Gasteiger partial charge >= 0.3 is 5.97 Å². The molecule has 0 saturated heterocycles. The third-order valence-corrected chi connectivity index (χ3v) is 4.78. The van der Waals surface area contributed by atoms with Gasteiger partial charge in [0.1, 0.15) is 6.54 Å². The van der Waals surface area contributed by atoms with Crippen molar-refractivity contribution >= 4 is 43.5 Å². The Bertz CT molecular complexity index is 940. The number of thiazole rings is 1. The number of ether oxygens (including phenoxy) is 1. The van der Waals surface area contributed by atoms with E-state index in [9.17, 15) is 18.0 Å². The molecule has 0 saturated carbocycles. The van der Waals surface area contributed by atoms with Crippen LogP contribution in [0.4, 0.5) is 0 Å². The lowest BCUT2D eigenvalue weighted by atomic mass is 10.3. The number of hydrogen-bond donors (Lipinski definition) is 1. The van der Waals surface area contributed by atoms with Gasteiger partial charge in [0, 0.05) is 6.92 Å². The Labute approximate surface area is 136 Å². The van der Waals surface area contributed by atoms with E-state index < -0.39 is 21.9 Å². The van der Waals surface area contributed by atoms with Crippen molar-refractivity contribution in [2.75, 3.05) is 6.61 Å². The van der Waals surface area contributed by atoms with Crippen LogP contribution in [0.1, 0.15) is 13.8 Å². The zero-order valence-electron chi connectivity index (χ0n) is 12.5. The van der Waals surface area contributed by atoms with Crippen molar-refractivity contribution in [3.05, 3.63) is 23.0 Å². The summed E-state index contributed by atoms with van der Waals surface area (Å²) in [5.41, 5.74) is 0.565. The molecule has 0 atom stereocenters. The smallest absolute Gasteiger partial charge is 0.326 e. The second-order valence-corrected chi connectivity index (χ2v) is 7.15. The van der Waals surface area contributed by atoms with E-state index in [0.717, 1.165) is 11.3 Å². The van der Waals surface area contributed by atoms with Crippen molar-refractivity contribution in [3.63, 3.8) is 0 Å². The van der Waals surface area contributed by atoms with Crippen molar-refractivity contribution in [1.82, 2.24) is 4.57 Å². The van der Waals surface area contributed by atoms with E-state index in [4.69, 9.17) is 9.88 Å². The molecule has 1 heterocycles. The van der Waals surface area contributed by atoms with Crippen molar-refractivity contribution in [1.29, 1.82) is 0 Å². The summed E-state index contributed by atoms with van der Waals surface area (Å²) >= 11 is 1.09. The normalized spacial score (nSPS) is 12.6. The van der Waals surface area contributed by atoms with Gasteiger partial charge in [-0.2, -0.15) is 4.99 Å². The molecule has 0 aliphatic rings. The molecule has 10 heteroatoms. The lowest BCUT2D eigenvalue weighted by Gasteiger charge is -2.05. The van der Waals surface area contributed by atoms with Crippen LogP contribution in [0.3, 0.4) is 0 Å². The summed E-state index contributed by atoms with van der Waals surface area (Å²) in [6.45, 7) is 3.08. The highest BCUT2D eigenvalue weighted by Gasteiger charge is 2.15. The first-order valence-corrected chi connectivity index (χ1v) is 8.95. The number of nitrogens with two attached hydrogens (primary N) is 1. The molecule has 0 bridgehead atoms. The highest BCUT2D eigenvalue weighted by Crippen LogP contribution is 2.21. The molecular formula is C13H15N3O5S2. The molecule has 0 aliphatic carbocycles. The molecule has 2 rings (SSSR count). The van der Waals surface area contributed by atoms with Gasteiger partial charge in [0.05, 0.1) is 21.7 Å². The molecule has 0 unspecified atom stereocenters. The first-order valence-electron chi connectivity index (χ1n) is 6.59. The maximum Gasteiger partial charge on any atom is 0.326 e. The van der Waals surface area contributed by atoms with E-state index >= 15 is 0 Å². The molecule has 124 valence electrons. The Morgan fingerprint density at radius 2 is 2.09 bits per heavy atom. The molecule has 1 aromatic heterocycles. The van der Waals surface area contributed by atoms with Crippen LogP contribution in [0.25, 0.3) is 10.2 Å². The zero-order chi connectivity index (χ0) is 17.2. The standard InChI is InChI=1S/C13H15N3O5S2/c1-3-21-12(18)7-16-10-5-4-9(23(14,19)20)6-11(10)22-13(16)15-8(2)17/h4-6H,3,7H2,1-2H3,(H2,14,19,20). The predicted molar refractivity (Wildman–Crippen MR) is 84.1 cm³/mol.